The molecular weight excluding hydrogens is 300 g/mol. The molecule has 0 saturated carbocycles. The predicted octanol–water partition coefficient (Wildman–Crippen LogP) is 4.79. The van der Waals surface area contributed by atoms with E-state index >= 15 is 0 Å². The number of hydrogen-bond acceptors (Lipinski definition) is 3. The van der Waals surface area contributed by atoms with E-state index in [9.17, 15) is 0 Å². The molecule has 2 aliphatic rings. The zero-order chi connectivity index (χ0) is 15.2. The number of thioether (sulfide) groups is 1. The summed E-state index contributed by atoms with van der Waals surface area (Å²) in [5.41, 5.74) is 3.79. The van der Waals surface area contributed by atoms with E-state index in [2.05, 4.69) is 71.7 Å². The van der Waals surface area contributed by atoms with E-state index in [-0.39, 0.29) is 0 Å². The summed E-state index contributed by atoms with van der Waals surface area (Å²) < 4.78 is 0. The lowest BCUT2D eigenvalue weighted by molar-refractivity contribution is 0.781. The summed E-state index contributed by atoms with van der Waals surface area (Å²) in [6.45, 7) is 0.981. The average Bonchev–Trinajstić information content (AvgIpc) is 3.06. The maximum absolute atomic E-state index is 5.01. The van der Waals surface area contributed by atoms with Gasteiger partial charge >= 0.3 is 0 Å². The molecule has 2 heterocycles. The highest BCUT2D eigenvalue weighted by molar-refractivity contribution is 7.99. The van der Waals surface area contributed by atoms with Crippen molar-refractivity contribution in [2.24, 2.45) is 11.0 Å². The molecule has 0 unspecified atom stereocenters. The van der Waals surface area contributed by atoms with Crippen molar-refractivity contribution in [3.8, 4) is 0 Å². The summed E-state index contributed by atoms with van der Waals surface area (Å²) in [6, 6.07) is 23.6. The highest BCUT2D eigenvalue weighted by Crippen LogP contribution is 2.40. The second-order valence-corrected chi connectivity index (χ2v) is 7.13. The van der Waals surface area contributed by atoms with Crippen molar-refractivity contribution < 1.29 is 0 Å². The first-order valence-corrected chi connectivity index (χ1v) is 8.95. The van der Waals surface area contributed by atoms with Crippen LogP contribution in [-0.2, 0) is 0 Å². The van der Waals surface area contributed by atoms with Gasteiger partial charge in [-0.1, -0.05) is 48.5 Å². The maximum Gasteiger partial charge on any atom is 0.0757 e. The molecule has 2 aliphatic heterocycles. The zero-order valence-corrected chi connectivity index (χ0v) is 13.5. The number of hydrogen-bond donors (Lipinski definition) is 0. The van der Waals surface area contributed by atoms with Crippen molar-refractivity contribution in [2.75, 3.05) is 17.3 Å². The normalized spacial score (nSPS) is 19.4. The van der Waals surface area contributed by atoms with Gasteiger partial charge in [0, 0.05) is 22.1 Å². The van der Waals surface area contributed by atoms with Crippen LogP contribution in [0.15, 0.2) is 76.7 Å². The predicted molar refractivity (Wildman–Crippen MR) is 98.5 cm³/mol. The Bertz CT molecular complexity index is 917. The van der Waals surface area contributed by atoms with Crippen LogP contribution in [-0.4, -0.2) is 18.0 Å². The lowest BCUT2D eigenvalue weighted by Gasteiger charge is -2.22. The third kappa shape index (κ3) is 2.07. The van der Waals surface area contributed by atoms with Crippen LogP contribution >= 0.6 is 11.8 Å². The summed E-state index contributed by atoms with van der Waals surface area (Å²) in [5, 5.41) is 9.80. The van der Waals surface area contributed by atoms with Crippen molar-refractivity contribution in [3.05, 3.63) is 72.3 Å². The monoisotopic (exact) mass is 316 g/mol. The molecule has 0 N–H and O–H groups in total. The maximum atomic E-state index is 5.01. The number of benzene rings is 3. The Morgan fingerprint density at radius 2 is 1.74 bits per heavy atom. The van der Waals surface area contributed by atoms with E-state index in [0.717, 1.165) is 12.3 Å². The highest BCUT2D eigenvalue weighted by Gasteiger charge is 2.34. The minimum absolute atomic E-state index is 0.513. The molecule has 0 fully saturated rings. The molecule has 3 heteroatoms. The van der Waals surface area contributed by atoms with Gasteiger partial charge in [0.2, 0.25) is 0 Å². The van der Waals surface area contributed by atoms with Crippen LogP contribution in [0.5, 0.6) is 0 Å². The molecule has 0 saturated heterocycles. The van der Waals surface area contributed by atoms with Crippen LogP contribution in [0, 0.1) is 5.92 Å². The molecule has 3 aromatic carbocycles. The van der Waals surface area contributed by atoms with E-state index in [0.29, 0.717) is 5.92 Å². The fraction of sp³-hybridized carbons (Fsp3) is 0.150. The molecule has 0 bridgehead atoms. The molecule has 23 heavy (non-hydrogen) atoms. The molecule has 0 radical (unpaired) electrons. The first-order chi connectivity index (χ1) is 11.4. The Balaban J connectivity index is 1.68. The third-order valence-electron chi connectivity index (χ3n) is 4.65. The number of fused-ring (bicyclic) bond motifs is 5. The lowest BCUT2D eigenvalue weighted by atomic mass is 9.93. The van der Waals surface area contributed by atoms with Crippen LogP contribution in [0.25, 0.3) is 10.8 Å². The SMILES string of the molecule is c1ccc(N2C[C@H]3CSc4ccc5ccccc5c4C3=N2)cc1. The van der Waals surface area contributed by atoms with Crippen molar-refractivity contribution in [1.82, 2.24) is 0 Å². The Morgan fingerprint density at radius 3 is 2.65 bits per heavy atom. The fourth-order valence-electron chi connectivity index (χ4n) is 3.52. The number of hydrazone groups is 1. The van der Waals surface area contributed by atoms with Crippen molar-refractivity contribution >= 4 is 33.9 Å². The molecule has 0 aliphatic carbocycles. The van der Waals surface area contributed by atoms with Gasteiger partial charge in [-0.2, -0.15) is 5.10 Å². The Labute approximate surface area is 139 Å². The molecule has 2 nitrogen and oxygen atoms in total. The third-order valence-corrected chi connectivity index (χ3v) is 5.87. The van der Waals surface area contributed by atoms with Gasteiger partial charge in [-0.05, 0) is 29.0 Å². The van der Waals surface area contributed by atoms with Gasteiger partial charge in [-0.3, -0.25) is 5.01 Å². The van der Waals surface area contributed by atoms with Crippen LogP contribution in [0.3, 0.4) is 0 Å². The molecule has 3 aromatic rings. The number of rotatable bonds is 1. The van der Waals surface area contributed by atoms with Crippen molar-refractivity contribution in [1.29, 1.82) is 0 Å². The van der Waals surface area contributed by atoms with Gasteiger partial charge in [0.25, 0.3) is 0 Å². The quantitative estimate of drug-likeness (QED) is 0.641. The summed E-state index contributed by atoms with van der Waals surface area (Å²) in [5.74, 6) is 1.63. The zero-order valence-electron chi connectivity index (χ0n) is 12.6. The largest absolute Gasteiger partial charge is 0.265 e. The number of anilines is 1. The molecule has 0 amide bonds. The molecule has 5 rings (SSSR count). The second-order valence-electron chi connectivity index (χ2n) is 6.07. The Hall–Kier alpha value is -2.26. The van der Waals surface area contributed by atoms with E-state index < -0.39 is 0 Å². The summed E-state index contributed by atoms with van der Waals surface area (Å²) in [4.78, 5) is 1.37. The first kappa shape index (κ1) is 13.2. The second kappa shape index (κ2) is 5.14. The molecule has 112 valence electrons. The topological polar surface area (TPSA) is 15.6 Å². The molecular formula is C20H16N2S. The fourth-order valence-corrected chi connectivity index (χ4v) is 4.69. The van der Waals surface area contributed by atoms with Gasteiger partial charge in [0.15, 0.2) is 0 Å². The van der Waals surface area contributed by atoms with Gasteiger partial charge < -0.3 is 0 Å². The van der Waals surface area contributed by atoms with E-state index in [1.54, 1.807) is 0 Å². The summed E-state index contributed by atoms with van der Waals surface area (Å²) in [7, 11) is 0. The van der Waals surface area contributed by atoms with Crippen LogP contribution in [0.2, 0.25) is 0 Å². The van der Waals surface area contributed by atoms with Crippen LogP contribution in [0.1, 0.15) is 5.56 Å². The van der Waals surface area contributed by atoms with Crippen LogP contribution < -0.4 is 5.01 Å². The standard InChI is InChI=1S/C20H16N2S/c1-2-7-16(8-3-1)22-12-15-13-23-18-11-10-14-6-4-5-9-17(14)19(18)20(15)21-22/h1-11,15H,12-13H2/t15-/m0/s1. The highest BCUT2D eigenvalue weighted by atomic mass is 32.2. The van der Waals surface area contributed by atoms with E-state index in [1.807, 2.05) is 11.8 Å². The summed E-state index contributed by atoms with van der Waals surface area (Å²) >= 11 is 1.97. The molecule has 0 aromatic heterocycles. The average molecular weight is 316 g/mol. The number of nitrogens with zero attached hydrogens (tertiary/aromatic N) is 2. The van der Waals surface area contributed by atoms with Crippen molar-refractivity contribution in [3.63, 3.8) is 0 Å². The van der Waals surface area contributed by atoms with Crippen molar-refractivity contribution in [2.45, 2.75) is 4.90 Å². The van der Waals surface area contributed by atoms with E-state index in [1.165, 1.54) is 32.6 Å². The van der Waals surface area contributed by atoms with Gasteiger partial charge in [-0.15, -0.1) is 11.8 Å². The number of para-hydroxylation sites is 1. The van der Waals surface area contributed by atoms with Gasteiger partial charge in [0.1, 0.15) is 0 Å². The Kier molecular flexibility index (Phi) is 2.95. The smallest absolute Gasteiger partial charge is 0.0757 e. The van der Waals surface area contributed by atoms with Crippen LogP contribution in [0.4, 0.5) is 5.69 Å². The first-order valence-electron chi connectivity index (χ1n) is 7.96. The van der Waals surface area contributed by atoms with E-state index in [4.69, 9.17) is 5.10 Å². The minimum Gasteiger partial charge on any atom is -0.265 e. The molecule has 0 spiro atoms. The minimum atomic E-state index is 0.513. The lowest BCUT2D eigenvalue weighted by Crippen LogP contribution is -2.24. The van der Waals surface area contributed by atoms with Gasteiger partial charge in [-0.25, -0.2) is 0 Å². The summed E-state index contributed by atoms with van der Waals surface area (Å²) in [6.07, 6.45) is 0. The van der Waals surface area contributed by atoms with Gasteiger partial charge in [0.05, 0.1) is 17.9 Å². The Morgan fingerprint density at radius 1 is 0.913 bits per heavy atom. The molecule has 1 atom stereocenters.